The fourth-order valence-electron chi connectivity index (χ4n) is 2.34. The maximum Gasteiger partial charge on any atom is 0.221 e. The first kappa shape index (κ1) is 13.1. The number of carbonyl (C=O) groups excluding carboxylic acids is 1. The molecule has 1 unspecified atom stereocenters. The van der Waals surface area contributed by atoms with E-state index in [0.717, 1.165) is 30.9 Å². The van der Waals surface area contributed by atoms with Crippen LogP contribution in [0.3, 0.4) is 0 Å². The molecular weight excluding hydrogens is 226 g/mol. The molecule has 0 aliphatic carbocycles. The number of anilines is 1. The minimum atomic E-state index is -0.0250. The van der Waals surface area contributed by atoms with Gasteiger partial charge in [0.1, 0.15) is 0 Å². The van der Waals surface area contributed by atoms with Gasteiger partial charge in [0.2, 0.25) is 5.91 Å². The molecule has 1 atom stereocenters. The van der Waals surface area contributed by atoms with Gasteiger partial charge in [-0.3, -0.25) is 4.79 Å². The first-order chi connectivity index (χ1) is 8.65. The van der Waals surface area contributed by atoms with E-state index in [1.165, 1.54) is 13.3 Å². The third-order valence-corrected chi connectivity index (χ3v) is 3.30. The van der Waals surface area contributed by atoms with Gasteiger partial charge in [-0.15, -0.1) is 0 Å². The molecule has 0 radical (unpaired) electrons. The first-order valence-corrected chi connectivity index (χ1v) is 6.42. The zero-order valence-electron chi connectivity index (χ0n) is 11.1. The Labute approximate surface area is 108 Å². The molecule has 0 aromatic heterocycles. The van der Waals surface area contributed by atoms with E-state index in [0.29, 0.717) is 6.04 Å². The highest BCUT2D eigenvalue weighted by atomic mass is 16.1. The molecular formula is C14H21N3O. The van der Waals surface area contributed by atoms with Crippen molar-refractivity contribution in [3.8, 4) is 0 Å². The molecule has 4 nitrogen and oxygen atoms in total. The lowest BCUT2D eigenvalue weighted by Crippen LogP contribution is -2.31. The molecule has 2 N–H and O–H groups in total. The second kappa shape index (κ2) is 5.98. The van der Waals surface area contributed by atoms with Crippen molar-refractivity contribution in [2.24, 2.45) is 0 Å². The molecule has 1 aliphatic heterocycles. The number of likely N-dealkylation sites (N-methyl/N-ethyl adjacent to an activating group) is 1. The molecule has 1 saturated heterocycles. The zero-order valence-corrected chi connectivity index (χ0v) is 11.1. The standard InChI is InChI=1S/C14H21N3O/c1-11(18)16-14-6-4-3-5-12(14)9-15-13-7-8-17(2)10-13/h3-6,13,15H,7-10H2,1-2H3,(H,16,18). The fourth-order valence-corrected chi connectivity index (χ4v) is 2.34. The smallest absolute Gasteiger partial charge is 0.221 e. The number of carbonyl (C=O) groups is 1. The summed E-state index contributed by atoms with van der Waals surface area (Å²) in [6.07, 6.45) is 1.19. The Morgan fingerprint density at radius 3 is 2.89 bits per heavy atom. The molecule has 4 heteroatoms. The highest BCUT2D eigenvalue weighted by Gasteiger charge is 2.18. The van der Waals surface area contributed by atoms with Crippen LogP contribution in [0, 0.1) is 0 Å². The molecule has 98 valence electrons. The first-order valence-electron chi connectivity index (χ1n) is 6.42. The summed E-state index contributed by atoms with van der Waals surface area (Å²) >= 11 is 0. The summed E-state index contributed by atoms with van der Waals surface area (Å²) < 4.78 is 0. The second-order valence-corrected chi connectivity index (χ2v) is 4.97. The van der Waals surface area contributed by atoms with E-state index < -0.39 is 0 Å². The summed E-state index contributed by atoms with van der Waals surface area (Å²) in [6, 6.07) is 8.50. The number of hydrogen-bond donors (Lipinski definition) is 2. The number of nitrogens with zero attached hydrogens (tertiary/aromatic N) is 1. The average molecular weight is 247 g/mol. The number of para-hydroxylation sites is 1. The van der Waals surface area contributed by atoms with Gasteiger partial charge in [0, 0.05) is 31.7 Å². The maximum absolute atomic E-state index is 11.1. The molecule has 0 bridgehead atoms. The van der Waals surface area contributed by atoms with Crippen LogP contribution in [0.15, 0.2) is 24.3 Å². The van der Waals surface area contributed by atoms with Crippen molar-refractivity contribution in [2.75, 3.05) is 25.5 Å². The molecule has 1 fully saturated rings. The molecule has 0 spiro atoms. The van der Waals surface area contributed by atoms with Gasteiger partial charge in [0.25, 0.3) is 0 Å². The summed E-state index contributed by atoms with van der Waals surface area (Å²) in [5, 5.41) is 6.42. The van der Waals surface area contributed by atoms with Gasteiger partial charge in [-0.05, 0) is 31.6 Å². The predicted molar refractivity (Wildman–Crippen MR) is 73.5 cm³/mol. The van der Waals surface area contributed by atoms with E-state index in [-0.39, 0.29) is 5.91 Å². The van der Waals surface area contributed by atoms with Crippen LogP contribution in [0.2, 0.25) is 0 Å². The van der Waals surface area contributed by atoms with Crippen LogP contribution in [0.4, 0.5) is 5.69 Å². The van der Waals surface area contributed by atoms with Gasteiger partial charge in [-0.2, -0.15) is 0 Å². The summed E-state index contributed by atoms with van der Waals surface area (Å²) in [5.41, 5.74) is 2.05. The molecule has 1 aromatic rings. The Kier molecular flexibility index (Phi) is 4.33. The maximum atomic E-state index is 11.1. The van der Waals surface area contributed by atoms with E-state index >= 15 is 0 Å². The van der Waals surface area contributed by atoms with Crippen LogP contribution in [0.25, 0.3) is 0 Å². The second-order valence-electron chi connectivity index (χ2n) is 4.97. The van der Waals surface area contributed by atoms with Gasteiger partial charge < -0.3 is 15.5 Å². The van der Waals surface area contributed by atoms with Crippen molar-refractivity contribution in [3.05, 3.63) is 29.8 Å². The minimum absolute atomic E-state index is 0.0250. The van der Waals surface area contributed by atoms with Crippen molar-refractivity contribution in [1.29, 1.82) is 0 Å². The lowest BCUT2D eigenvalue weighted by atomic mass is 10.1. The molecule has 1 aliphatic rings. The highest BCUT2D eigenvalue weighted by molar-refractivity contribution is 5.89. The molecule has 18 heavy (non-hydrogen) atoms. The Bertz CT molecular complexity index is 419. The normalized spacial score (nSPS) is 20.0. The average Bonchev–Trinajstić information content (AvgIpc) is 2.73. The SMILES string of the molecule is CC(=O)Nc1ccccc1CNC1CCN(C)C1. The molecule has 0 saturated carbocycles. The molecule has 2 rings (SSSR count). The topological polar surface area (TPSA) is 44.4 Å². The van der Waals surface area contributed by atoms with E-state index in [4.69, 9.17) is 0 Å². The lowest BCUT2D eigenvalue weighted by Gasteiger charge is -2.15. The number of benzene rings is 1. The van der Waals surface area contributed by atoms with Gasteiger partial charge >= 0.3 is 0 Å². The van der Waals surface area contributed by atoms with Crippen molar-refractivity contribution < 1.29 is 4.79 Å². The molecule has 1 amide bonds. The van der Waals surface area contributed by atoms with Crippen LogP contribution in [-0.2, 0) is 11.3 Å². The summed E-state index contributed by atoms with van der Waals surface area (Å²) in [7, 11) is 2.15. The van der Waals surface area contributed by atoms with E-state index in [2.05, 4.69) is 28.6 Å². The fraction of sp³-hybridized carbons (Fsp3) is 0.500. The Hall–Kier alpha value is -1.39. The quantitative estimate of drug-likeness (QED) is 0.846. The van der Waals surface area contributed by atoms with Gasteiger partial charge in [-0.1, -0.05) is 18.2 Å². The molecule has 1 aromatic carbocycles. The number of likely N-dealkylation sites (tertiary alicyclic amines) is 1. The Morgan fingerprint density at radius 2 is 2.22 bits per heavy atom. The van der Waals surface area contributed by atoms with Gasteiger partial charge in [0.05, 0.1) is 0 Å². The van der Waals surface area contributed by atoms with Crippen molar-refractivity contribution in [3.63, 3.8) is 0 Å². The summed E-state index contributed by atoms with van der Waals surface area (Å²) in [5.74, 6) is -0.0250. The Balaban J connectivity index is 1.94. The number of hydrogen-bond acceptors (Lipinski definition) is 3. The summed E-state index contributed by atoms with van der Waals surface area (Å²) in [4.78, 5) is 13.5. The van der Waals surface area contributed by atoms with Crippen molar-refractivity contribution >= 4 is 11.6 Å². The number of rotatable bonds is 4. The Morgan fingerprint density at radius 1 is 1.44 bits per heavy atom. The van der Waals surface area contributed by atoms with Crippen LogP contribution in [-0.4, -0.2) is 37.0 Å². The van der Waals surface area contributed by atoms with E-state index in [9.17, 15) is 4.79 Å². The predicted octanol–water partition coefficient (Wildman–Crippen LogP) is 1.44. The third kappa shape index (κ3) is 3.55. The number of amides is 1. The van der Waals surface area contributed by atoms with Gasteiger partial charge in [-0.25, -0.2) is 0 Å². The summed E-state index contributed by atoms with van der Waals surface area (Å²) in [6.45, 7) is 4.60. The monoisotopic (exact) mass is 247 g/mol. The van der Waals surface area contributed by atoms with Crippen molar-refractivity contribution in [2.45, 2.75) is 25.9 Å². The lowest BCUT2D eigenvalue weighted by molar-refractivity contribution is -0.114. The van der Waals surface area contributed by atoms with Crippen LogP contribution < -0.4 is 10.6 Å². The molecule has 1 heterocycles. The highest BCUT2D eigenvalue weighted by Crippen LogP contribution is 2.16. The number of nitrogens with one attached hydrogen (secondary N) is 2. The van der Waals surface area contributed by atoms with Crippen molar-refractivity contribution in [1.82, 2.24) is 10.2 Å². The van der Waals surface area contributed by atoms with Gasteiger partial charge in [0.15, 0.2) is 0 Å². The van der Waals surface area contributed by atoms with E-state index in [1.54, 1.807) is 0 Å². The van der Waals surface area contributed by atoms with Crippen LogP contribution in [0.1, 0.15) is 18.9 Å². The van der Waals surface area contributed by atoms with Crippen LogP contribution in [0.5, 0.6) is 0 Å². The largest absolute Gasteiger partial charge is 0.326 e. The van der Waals surface area contributed by atoms with E-state index in [1.807, 2.05) is 18.2 Å². The third-order valence-electron chi connectivity index (χ3n) is 3.30. The zero-order chi connectivity index (χ0) is 13.0. The van der Waals surface area contributed by atoms with Crippen LogP contribution >= 0.6 is 0 Å². The minimum Gasteiger partial charge on any atom is -0.326 e.